The lowest BCUT2D eigenvalue weighted by atomic mass is 10.3. The van der Waals surface area contributed by atoms with E-state index in [0.717, 1.165) is 4.88 Å². The summed E-state index contributed by atoms with van der Waals surface area (Å²) in [6, 6.07) is 3.77. The summed E-state index contributed by atoms with van der Waals surface area (Å²) < 4.78 is 0. The highest BCUT2D eigenvalue weighted by molar-refractivity contribution is 7.10. The maximum absolute atomic E-state index is 8.40. The first-order valence-corrected chi connectivity index (χ1v) is 3.55. The van der Waals surface area contributed by atoms with Gasteiger partial charge in [-0.25, -0.2) is 6.57 Å². The van der Waals surface area contributed by atoms with Crippen LogP contribution in [0.4, 0.5) is 0 Å². The van der Waals surface area contributed by atoms with E-state index in [1.165, 1.54) is 11.3 Å². The minimum atomic E-state index is 0.395. The first-order chi connectivity index (χ1) is 4.86. The molecule has 0 aliphatic heterocycles. The fraction of sp³-hybridized carbons (Fsp3) is 0.143. The molecule has 0 amide bonds. The van der Waals surface area contributed by atoms with Crippen LogP contribution in [0, 0.1) is 17.9 Å². The number of nitriles is 1. The summed E-state index contributed by atoms with van der Waals surface area (Å²) in [5.74, 6) is 0. The Bertz CT molecular complexity index is 300. The highest BCUT2D eigenvalue weighted by Gasteiger charge is 1.98. The van der Waals surface area contributed by atoms with Crippen LogP contribution in [0.5, 0.6) is 0 Å². The van der Waals surface area contributed by atoms with Crippen LogP contribution in [0.1, 0.15) is 10.4 Å². The molecule has 0 spiro atoms. The summed E-state index contributed by atoms with van der Waals surface area (Å²) in [5, 5.41) is 10.2. The van der Waals surface area contributed by atoms with E-state index in [1.807, 2.05) is 6.07 Å². The maximum Gasteiger partial charge on any atom is 0.248 e. The van der Waals surface area contributed by atoms with Crippen molar-refractivity contribution >= 4 is 11.3 Å². The molecule has 1 aromatic rings. The predicted molar refractivity (Wildman–Crippen MR) is 39.3 cm³/mol. The van der Waals surface area contributed by atoms with E-state index in [2.05, 4.69) is 4.85 Å². The molecule has 0 saturated heterocycles. The van der Waals surface area contributed by atoms with Crippen molar-refractivity contribution in [2.45, 2.75) is 6.54 Å². The van der Waals surface area contributed by atoms with Crippen LogP contribution in [-0.4, -0.2) is 0 Å². The van der Waals surface area contributed by atoms with Crippen molar-refractivity contribution in [3.63, 3.8) is 0 Å². The molecule has 0 atom stereocenters. The fourth-order valence-electron chi connectivity index (χ4n) is 0.600. The van der Waals surface area contributed by atoms with E-state index in [4.69, 9.17) is 11.8 Å². The molecule has 1 heterocycles. The van der Waals surface area contributed by atoms with Crippen molar-refractivity contribution in [2.75, 3.05) is 0 Å². The van der Waals surface area contributed by atoms with Crippen molar-refractivity contribution in [1.29, 1.82) is 5.26 Å². The normalized spacial score (nSPS) is 8.20. The van der Waals surface area contributed by atoms with Gasteiger partial charge >= 0.3 is 0 Å². The average molecular weight is 148 g/mol. The summed E-state index contributed by atoms with van der Waals surface area (Å²) in [5.41, 5.74) is 0.656. The van der Waals surface area contributed by atoms with Crippen LogP contribution < -0.4 is 0 Å². The summed E-state index contributed by atoms with van der Waals surface area (Å²) in [7, 11) is 0. The SMILES string of the molecule is [C-]#[N+]Cc1cc(C#N)cs1. The zero-order chi connectivity index (χ0) is 7.40. The molecule has 48 valence electrons. The summed E-state index contributed by atoms with van der Waals surface area (Å²) in [6.07, 6.45) is 0. The molecule has 0 aliphatic carbocycles. The van der Waals surface area contributed by atoms with E-state index in [1.54, 1.807) is 11.4 Å². The minimum absolute atomic E-state index is 0.395. The van der Waals surface area contributed by atoms with Crippen molar-refractivity contribution in [2.24, 2.45) is 0 Å². The van der Waals surface area contributed by atoms with E-state index in [-0.39, 0.29) is 0 Å². The van der Waals surface area contributed by atoms with Gasteiger partial charge in [0.2, 0.25) is 6.54 Å². The molecular weight excluding hydrogens is 144 g/mol. The van der Waals surface area contributed by atoms with Crippen LogP contribution in [0.3, 0.4) is 0 Å². The average Bonchev–Trinajstić information content (AvgIpc) is 2.37. The molecule has 10 heavy (non-hydrogen) atoms. The van der Waals surface area contributed by atoms with E-state index in [0.29, 0.717) is 12.1 Å². The Hall–Kier alpha value is -1.32. The highest BCUT2D eigenvalue weighted by Crippen LogP contribution is 2.14. The highest BCUT2D eigenvalue weighted by atomic mass is 32.1. The van der Waals surface area contributed by atoms with Gasteiger partial charge < -0.3 is 4.85 Å². The van der Waals surface area contributed by atoms with Crippen molar-refractivity contribution in [1.82, 2.24) is 0 Å². The second kappa shape index (κ2) is 3.00. The standard InChI is InChI=1S/C7H4N2S/c1-9-4-7-2-6(3-8)5-10-7/h2,5H,4H2. The van der Waals surface area contributed by atoms with Crippen LogP contribution >= 0.6 is 11.3 Å². The van der Waals surface area contributed by atoms with Crippen molar-refractivity contribution in [3.8, 4) is 6.07 Å². The Kier molecular flexibility index (Phi) is 2.04. The van der Waals surface area contributed by atoms with Gasteiger partial charge in [0, 0.05) is 5.38 Å². The van der Waals surface area contributed by atoms with Gasteiger partial charge in [-0.05, 0) is 6.07 Å². The second-order valence-electron chi connectivity index (χ2n) is 1.73. The number of thiophene rings is 1. The predicted octanol–water partition coefficient (Wildman–Crippen LogP) is 2.04. The lowest BCUT2D eigenvalue weighted by Gasteiger charge is -1.75. The first kappa shape index (κ1) is 6.80. The zero-order valence-electron chi connectivity index (χ0n) is 5.16. The first-order valence-electron chi connectivity index (χ1n) is 2.67. The summed E-state index contributed by atoms with van der Waals surface area (Å²) in [4.78, 5) is 4.17. The van der Waals surface area contributed by atoms with Crippen LogP contribution in [0.25, 0.3) is 4.85 Å². The van der Waals surface area contributed by atoms with E-state index < -0.39 is 0 Å². The van der Waals surface area contributed by atoms with Gasteiger partial charge in [0.15, 0.2) is 0 Å². The summed E-state index contributed by atoms with van der Waals surface area (Å²) >= 11 is 1.46. The fourth-order valence-corrected chi connectivity index (χ4v) is 1.33. The van der Waals surface area contributed by atoms with Gasteiger partial charge in [0.1, 0.15) is 6.07 Å². The number of hydrogen-bond donors (Lipinski definition) is 0. The molecule has 1 rings (SSSR count). The Morgan fingerprint density at radius 1 is 1.80 bits per heavy atom. The van der Waals surface area contributed by atoms with Crippen LogP contribution in [0.2, 0.25) is 0 Å². The molecule has 0 unspecified atom stereocenters. The molecule has 0 fully saturated rings. The van der Waals surface area contributed by atoms with Gasteiger partial charge in [0.25, 0.3) is 0 Å². The number of nitrogens with zero attached hydrogens (tertiary/aromatic N) is 2. The Balaban J connectivity index is 2.83. The monoisotopic (exact) mass is 148 g/mol. The Morgan fingerprint density at radius 2 is 2.60 bits per heavy atom. The molecule has 0 N–H and O–H groups in total. The molecule has 0 saturated carbocycles. The van der Waals surface area contributed by atoms with Gasteiger partial charge in [-0.15, -0.1) is 11.3 Å². The molecule has 0 bridgehead atoms. The Labute approximate surface area is 63.2 Å². The van der Waals surface area contributed by atoms with Crippen LogP contribution in [0.15, 0.2) is 11.4 Å². The number of rotatable bonds is 1. The lowest BCUT2D eigenvalue weighted by Crippen LogP contribution is -1.67. The smallest absolute Gasteiger partial charge is 0.248 e. The third-order valence-electron chi connectivity index (χ3n) is 1.02. The second-order valence-corrected chi connectivity index (χ2v) is 2.73. The molecule has 0 aromatic carbocycles. The molecule has 0 aliphatic rings. The zero-order valence-corrected chi connectivity index (χ0v) is 5.98. The molecule has 2 nitrogen and oxygen atoms in total. The largest absolute Gasteiger partial charge is 0.311 e. The molecule has 0 radical (unpaired) electrons. The Morgan fingerprint density at radius 3 is 3.10 bits per heavy atom. The summed E-state index contributed by atoms with van der Waals surface area (Å²) in [6.45, 7) is 6.95. The third kappa shape index (κ3) is 1.34. The quantitative estimate of drug-likeness (QED) is 0.560. The van der Waals surface area contributed by atoms with Gasteiger partial charge in [0.05, 0.1) is 10.4 Å². The van der Waals surface area contributed by atoms with Gasteiger partial charge in [-0.3, -0.25) is 0 Å². The molecular formula is C7H4N2S. The van der Waals surface area contributed by atoms with E-state index >= 15 is 0 Å². The minimum Gasteiger partial charge on any atom is -0.311 e. The van der Waals surface area contributed by atoms with E-state index in [9.17, 15) is 0 Å². The van der Waals surface area contributed by atoms with Crippen LogP contribution in [-0.2, 0) is 6.54 Å². The van der Waals surface area contributed by atoms with Gasteiger partial charge in [-0.2, -0.15) is 5.26 Å². The maximum atomic E-state index is 8.40. The lowest BCUT2D eigenvalue weighted by molar-refractivity contribution is 1.33. The third-order valence-corrected chi connectivity index (χ3v) is 1.94. The molecule has 1 aromatic heterocycles. The topological polar surface area (TPSA) is 28.1 Å². The molecule has 3 heteroatoms. The van der Waals surface area contributed by atoms with Gasteiger partial charge in [-0.1, -0.05) is 0 Å². The number of hydrogen-bond acceptors (Lipinski definition) is 2. The van der Waals surface area contributed by atoms with Crippen molar-refractivity contribution < 1.29 is 0 Å². The van der Waals surface area contributed by atoms with Crippen molar-refractivity contribution in [3.05, 3.63) is 33.3 Å².